The Labute approximate surface area is 84.8 Å². The van der Waals surface area contributed by atoms with E-state index in [-0.39, 0.29) is 12.5 Å². The second kappa shape index (κ2) is 5.63. The Bertz CT molecular complexity index is 226. The zero-order chi connectivity index (χ0) is 10.4. The standard InChI is InChI=1S/C10H17N3O/c1-2-5-13-6-3-9(4-7-13)12-8-10(11)14/h1,9,12H,3-8H2,(H2,11,14). The minimum atomic E-state index is -0.295. The van der Waals surface area contributed by atoms with Gasteiger partial charge < -0.3 is 11.1 Å². The van der Waals surface area contributed by atoms with Gasteiger partial charge in [-0.25, -0.2) is 0 Å². The normalized spacial score (nSPS) is 19.1. The number of nitrogens with one attached hydrogen (secondary N) is 1. The molecule has 1 heterocycles. The number of carbonyl (C=O) groups is 1. The Morgan fingerprint density at radius 2 is 2.21 bits per heavy atom. The van der Waals surface area contributed by atoms with E-state index in [0.717, 1.165) is 32.5 Å². The van der Waals surface area contributed by atoms with Gasteiger partial charge in [0, 0.05) is 19.1 Å². The van der Waals surface area contributed by atoms with Crippen molar-refractivity contribution in [1.29, 1.82) is 0 Å². The summed E-state index contributed by atoms with van der Waals surface area (Å²) in [7, 11) is 0. The highest BCUT2D eigenvalue weighted by Crippen LogP contribution is 2.08. The maximum Gasteiger partial charge on any atom is 0.231 e. The van der Waals surface area contributed by atoms with Crippen molar-refractivity contribution in [2.24, 2.45) is 5.73 Å². The molecule has 1 aliphatic rings. The summed E-state index contributed by atoms with van der Waals surface area (Å²) < 4.78 is 0. The first-order valence-corrected chi connectivity index (χ1v) is 4.90. The molecule has 0 unspecified atom stereocenters. The molecule has 1 aliphatic heterocycles. The van der Waals surface area contributed by atoms with E-state index in [9.17, 15) is 4.79 Å². The number of primary amides is 1. The summed E-state index contributed by atoms with van der Waals surface area (Å²) in [6, 6.07) is 0.413. The van der Waals surface area contributed by atoms with E-state index >= 15 is 0 Å². The number of piperidine rings is 1. The van der Waals surface area contributed by atoms with E-state index in [0.29, 0.717) is 6.04 Å². The Kier molecular flexibility index (Phi) is 4.44. The van der Waals surface area contributed by atoms with Crippen LogP contribution in [0.4, 0.5) is 0 Å². The summed E-state index contributed by atoms with van der Waals surface area (Å²) in [4.78, 5) is 12.8. The molecule has 1 fully saturated rings. The van der Waals surface area contributed by atoms with Crippen LogP contribution in [0.5, 0.6) is 0 Å². The molecule has 3 N–H and O–H groups in total. The van der Waals surface area contributed by atoms with Gasteiger partial charge in [-0.3, -0.25) is 9.69 Å². The second-order valence-electron chi connectivity index (χ2n) is 3.60. The van der Waals surface area contributed by atoms with Crippen LogP contribution in [0.15, 0.2) is 0 Å². The predicted molar refractivity (Wildman–Crippen MR) is 55.5 cm³/mol. The van der Waals surface area contributed by atoms with E-state index in [1.165, 1.54) is 0 Å². The highest BCUT2D eigenvalue weighted by molar-refractivity contribution is 5.75. The second-order valence-corrected chi connectivity index (χ2v) is 3.60. The molecule has 78 valence electrons. The van der Waals surface area contributed by atoms with Gasteiger partial charge in [0.25, 0.3) is 0 Å². The van der Waals surface area contributed by atoms with Crippen LogP contribution in [0.1, 0.15) is 12.8 Å². The number of terminal acetylenes is 1. The highest BCUT2D eigenvalue weighted by atomic mass is 16.1. The van der Waals surface area contributed by atoms with Gasteiger partial charge in [0.1, 0.15) is 0 Å². The first kappa shape index (κ1) is 11.0. The summed E-state index contributed by atoms with van der Waals surface area (Å²) in [5, 5.41) is 3.13. The maximum atomic E-state index is 10.5. The molecule has 0 bridgehead atoms. The molecule has 0 aromatic carbocycles. The Balaban J connectivity index is 2.16. The molecule has 1 saturated heterocycles. The number of likely N-dealkylation sites (tertiary alicyclic amines) is 1. The molecule has 0 aromatic heterocycles. The van der Waals surface area contributed by atoms with E-state index < -0.39 is 0 Å². The average molecular weight is 195 g/mol. The van der Waals surface area contributed by atoms with Crippen LogP contribution in [0.25, 0.3) is 0 Å². The molecule has 1 rings (SSSR count). The highest BCUT2D eigenvalue weighted by Gasteiger charge is 2.17. The lowest BCUT2D eigenvalue weighted by Gasteiger charge is -2.30. The first-order chi connectivity index (χ1) is 6.72. The lowest BCUT2D eigenvalue weighted by molar-refractivity contribution is -0.117. The van der Waals surface area contributed by atoms with Crippen molar-refractivity contribution in [3.05, 3.63) is 0 Å². The quantitative estimate of drug-likeness (QED) is 0.575. The number of amides is 1. The SMILES string of the molecule is C#CCN1CCC(NCC(N)=O)CC1. The minimum Gasteiger partial charge on any atom is -0.369 e. The third-order valence-corrected chi connectivity index (χ3v) is 2.47. The zero-order valence-electron chi connectivity index (χ0n) is 8.33. The number of hydrogen-bond donors (Lipinski definition) is 2. The van der Waals surface area contributed by atoms with Gasteiger partial charge in [-0.1, -0.05) is 5.92 Å². The molecule has 0 spiro atoms. The summed E-state index contributed by atoms with van der Waals surface area (Å²) in [6.45, 7) is 3.00. The van der Waals surface area contributed by atoms with Crippen molar-refractivity contribution >= 4 is 5.91 Å². The van der Waals surface area contributed by atoms with Crippen LogP contribution in [-0.2, 0) is 4.79 Å². The molecule has 4 heteroatoms. The average Bonchev–Trinajstić information content (AvgIpc) is 2.17. The van der Waals surface area contributed by atoms with Gasteiger partial charge in [0.2, 0.25) is 5.91 Å². The Hall–Kier alpha value is -1.05. The van der Waals surface area contributed by atoms with E-state index in [1.807, 2.05) is 0 Å². The first-order valence-electron chi connectivity index (χ1n) is 4.90. The monoisotopic (exact) mass is 195 g/mol. The minimum absolute atomic E-state index is 0.278. The van der Waals surface area contributed by atoms with Gasteiger partial charge in [-0.2, -0.15) is 0 Å². The number of nitrogens with zero attached hydrogens (tertiary/aromatic N) is 1. The van der Waals surface area contributed by atoms with Crippen LogP contribution in [0, 0.1) is 12.3 Å². The smallest absolute Gasteiger partial charge is 0.231 e. The number of rotatable bonds is 4. The molecule has 1 amide bonds. The topological polar surface area (TPSA) is 58.4 Å². The lowest BCUT2D eigenvalue weighted by atomic mass is 10.1. The van der Waals surface area contributed by atoms with Crippen LogP contribution in [0.3, 0.4) is 0 Å². The van der Waals surface area contributed by atoms with E-state index in [1.54, 1.807) is 0 Å². The fourth-order valence-corrected chi connectivity index (χ4v) is 1.67. The molecule has 14 heavy (non-hydrogen) atoms. The van der Waals surface area contributed by atoms with Gasteiger partial charge in [-0.15, -0.1) is 6.42 Å². The largest absolute Gasteiger partial charge is 0.369 e. The Morgan fingerprint density at radius 3 is 2.71 bits per heavy atom. The predicted octanol–water partition coefficient (Wildman–Crippen LogP) is -0.841. The fraction of sp³-hybridized carbons (Fsp3) is 0.700. The van der Waals surface area contributed by atoms with Crippen molar-refractivity contribution < 1.29 is 4.79 Å². The van der Waals surface area contributed by atoms with Crippen LogP contribution in [-0.4, -0.2) is 43.0 Å². The summed E-state index contributed by atoms with van der Waals surface area (Å²) >= 11 is 0. The third kappa shape index (κ3) is 3.77. The molecule has 0 radical (unpaired) electrons. The van der Waals surface area contributed by atoms with Gasteiger partial charge in [-0.05, 0) is 12.8 Å². The third-order valence-electron chi connectivity index (χ3n) is 2.47. The van der Waals surface area contributed by atoms with Crippen molar-refractivity contribution in [3.63, 3.8) is 0 Å². The van der Waals surface area contributed by atoms with Crippen LogP contribution in [0.2, 0.25) is 0 Å². The number of hydrogen-bond acceptors (Lipinski definition) is 3. The molecular weight excluding hydrogens is 178 g/mol. The van der Waals surface area contributed by atoms with Crippen molar-refractivity contribution in [3.8, 4) is 12.3 Å². The summed E-state index contributed by atoms with van der Waals surface area (Å²) in [5.74, 6) is 2.34. The fourth-order valence-electron chi connectivity index (χ4n) is 1.67. The van der Waals surface area contributed by atoms with Crippen LogP contribution >= 0.6 is 0 Å². The van der Waals surface area contributed by atoms with Crippen LogP contribution < -0.4 is 11.1 Å². The van der Waals surface area contributed by atoms with Gasteiger partial charge in [0.05, 0.1) is 13.1 Å². The summed E-state index contributed by atoms with van der Waals surface area (Å²) in [6.07, 6.45) is 7.30. The van der Waals surface area contributed by atoms with E-state index in [4.69, 9.17) is 12.2 Å². The zero-order valence-corrected chi connectivity index (χ0v) is 8.33. The molecule has 0 saturated carbocycles. The number of carbonyl (C=O) groups excluding carboxylic acids is 1. The molecule has 0 aliphatic carbocycles. The Morgan fingerprint density at radius 1 is 1.57 bits per heavy atom. The molecule has 4 nitrogen and oxygen atoms in total. The molecule has 0 atom stereocenters. The van der Waals surface area contributed by atoms with Crippen molar-refractivity contribution in [2.45, 2.75) is 18.9 Å². The lowest BCUT2D eigenvalue weighted by Crippen LogP contribution is -2.44. The molecular formula is C10H17N3O. The summed E-state index contributed by atoms with van der Waals surface area (Å²) in [5.41, 5.74) is 5.05. The van der Waals surface area contributed by atoms with Gasteiger partial charge >= 0.3 is 0 Å². The molecule has 0 aromatic rings. The number of nitrogens with two attached hydrogens (primary N) is 1. The van der Waals surface area contributed by atoms with Crippen molar-refractivity contribution in [1.82, 2.24) is 10.2 Å². The van der Waals surface area contributed by atoms with Gasteiger partial charge in [0.15, 0.2) is 0 Å². The maximum absolute atomic E-state index is 10.5. The van der Waals surface area contributed by atoms with Crippen molar-refractivity contribution in [2.75, 3.05) is 26.2 Å². The van der Waals surface area contributed by atoms with E-state index in [2.05, 4.69) is 16.1 Å².